The number of benzene rings is 1. The molecule has 4 rings (SSSR count). The number of hydrogen-bond donors (Lipinski definition) is 1. The van der Waals surface area contributed by atoms with Crippen LogP contribution in [-0.4, -0.2) is 30.3 Å². The van der Waals surface area contributed by atoms with Gasteiger partial charge in [-0.3, -0.25) is 0 Å². The van der Waals surface area contributed by atoms with Crippen LogP contribution in [0, 0.1) is 0 Å². The first-order chi connectivity index (χ1) is 11.6. The van der Waals surface area contributed by atoms with Crippen LogP contribution < -0.4 is 5.73 Å². The van der Waals surface area contributed by atoms with Crippen molar-refractivity contribution in [1.82, 2.24) is 30.3 Å². The standard InChI is InChI=1S/C15H16ClN7O/c16-11-5-3-10(4-6-11)13-19-22-23(20-13)9-12-18-14(21-24-12)15(17)7-1-2-8-15/h3-6H,1-2,7-9,17H2. The Bertz CT molecular complexity index is 836. The molecule has 1 saturated carbocycles. The van der Waals surface area contributed by atoms with E-state index in [2.05, 4.69) is 25.6 Å². The minimum atomic E-state index is -0.466. The molecule has 2 aromatic heterocycles. The summed E-state index contributed by atoms with van der Waals surface area (Å²) in [5.41, 5.74) is 6.70. The lowest BCUT2D eigenvalue weighted by atomic mass is 9.99. The largest absolute Gasteiger partial charge is 0.337 e. The summed E-state index contributed by atoms with van der Waals surface area (Å²) in [7, 11) is 0. The fourth-order valence-corrected chi connectivity index (χ4v) is 3.02. The highest BCUT2D eigenvalue weighted by molar-refractivity contribution is 6.30. The first-order valence-electron chi connectivity index (χ1n) is 7.78. The summed E-state index contributed by atoms with van der Waals surface area (Å²) in [5.74, 6) is 1.49. The molecule has 1 aromatic carbocycles. The molecule has 0 aliphatic heterocycles. The summed E-state index contributed by atoms with van der Waals surface area (Å²) < 4.78 is 5.29. The summed E-state index contributed by atoms with van der Waals surface area (Å²) in [5, 5.41) is 17.1. The number of hydrogen-bond acceptors (Lipinski definition) is 7. The van der Waals surface area contributed by atoms with Crippen molar-refractivity contribution in [1.29, 1.82) is 0 Å². The van der Waals surface area contributed by atoms with E-state index in [1.165, 1.54) is 4.80 Å². The summed E-state index contributed by atoms with van der Waals surface area (Å²) in [4.78, 5) is 5.82. The summed E-state index contributed by atoms with van der Waals surface area (Å²) in [6.45, 7) is 0.254. The molecule has 0 amide bonds. The number of aromatic nitrogens is 6. The van der Waals surface area contributed by atoms with Crippen molar-refractivity contribution >= 4 is 11.6 Å². The van der Waals surface area contributed by atoms with Crippen LogP contribution in [0.4, 0.5) is 0 Å². The Morgan fingerprint density at radius 1 is 1.21 bits per heavy atom. The third-order valence-electron chi connectivity index (χ3n) is 4.24. The summed E-state index contributed by atoms with van der Waals surface area (Å²) >= 11 is 5.88. The van der Waals surface area contributed by atoms with Crippen LogP contribution in [-0.2, 0) is 12.1 Å². The van der Waals surface area contributed by atoms with Crippen LogP contribution in [0.25, 0.3) is 11.4 Å². The third kappa shape index (κ3) is 2.90. The molecule has 3 aromatic rings. The predicted molar refractivity (Wildman–Crippen MR) is 86.0 cm³/mol. The van der Waals surface area contributed by atoms with Crippen molar-refractivity contribution in [2.24, 2.45) is 5.73 Å². The lowest BCUT2D eigenvalue weighted by Crippen LogP contribution is -2.34. The molecule has 0 radical (unpaired) electrons. The number of nitrogens with zero attached hydrogens (tertiary/aromatic N) is 6. The first kappa shape index (κ1) is 15.2. The van der Waals surface area contributed by atoms with Gasteiger partial charge in [-0.1, -0.05) is 29.6 Å². The van der Waals surface area contributed by atoms with Crippen LogP contribution >= 0.6 is 11.6 Å². The molecule has 2 N–H and O–H groups in total. The highest BCUT2D eigenvalue weighted by atomic mass is 35.5. The van der Waals surface area contributed by atoms with Crippen LogP contribution in [0.1, 0.15) is 37.4 Å². The number of rotatable bonds is 4. The monoisotopic (exact) mass is 345 g/mol. The average Bonchev–Trinajstić information content (AvgIpc) is 3.30. The Kier molecular flexibility index (Phi) is 3.78. The van der Waals surface area contributed by atoms with Gasteiger partial charge in [0.25, 0.3) is 0 Å². The smallest absolute Gasteiger partial charge is 0.250 e. The van der Waals surface area contributed by atoms with Crippen LogP contribution in [0.15, 0.2) is 28.8 Å². The van der Waals surface area contributed by atoms with Gasteiger partial charge in [-0.25, -0.2) is 0 Å². The minimum Gasteiger partial charge on any atom is -0.337 e. The van der Waals surface area contributed by atoms with Crippen LogP contribution in [0.3, 0.4) is 0 Å². The lowest BCUT2D eigenvalue weighted by Gasteiger charge is -2.17. The Labute approximate surface area is 143 Å². The van der Waals surface area contributed by atoms with E-state index in [0.717, 1.165) is 31.2 Å². The second-order valence-electron chi connectivity index (χ2n) is 6.03. The van der Waals surface area contributed by atoms with E-state index >= 15 is 0 Å². The van der Waals surface area contributed by atoms with E-state index in [0.29, 0.717) is 22.6 Å². The molecule has 24 heavy (non-hydrogen) atoms. The Morgan fingerprint density at radius 2 is 1.96 bits per heavy atom. The Hall–Kier alpha value is -2.32. The van der Waals surface area contributed by atoms with Crippen LogP contribution in [0.5, 0.6) is 0 Å². The maximum atomic E-state index is 6.33. The number of halogens is 1. The first-order valence-corrected chi connectivity index (χ1v) is 8.16. The topological polar surface area (TPSA) is 109 Å². The molecule has 2 heterocycles. The van der Waals surface area contributed by atoms with Gasteiger partial charge in [0, 0.05) is 10.6 Å². The zero-order valence-electron chi connectivity index (χ0n) is 12.9. The molecule has 124 valence electrons. The molecule has 0 unspecified atom stereocenters. The molecule has 1 aliphatic carbocycles. The molecule has 0 bridgehead atoms. The zero-order chi connectivity index (χ0) is 16.6. The van der Waals surface area contributed by atoms with Gasteiger partial charge in [-0.2, -0.15) is 9.78 Å². The molecular weight excluding hydrogens is 330 g/mol. The quantitative estimate of drug-likeness (QED) is 0.771. The fourth-order valence-electron chi connectivity index (χ4n) is 2.90. The lowest BCUT2D eigenvalue weighted by molar-refractivity contribution is 0.336. The molecule has 0 spiro atoms. The summed E-state index contributed by atoms with van der Waals surface area (Å²) in [6.07, 6.45) is 3.95. The normalized spacial score (nSPS) is 16.6. The van der Waals surface area contributed by atoms with Gasteiger partial charge in [0.2, 0.25) is 11.7 Å². The van der Waals surface area contributed by atoms with Gasteiger partial charge in [0.1, 0.15) is 6.54 Å². The van der Waals surface area contributed by atoms with Crippen molar-refractivity contribution in [2.75, 3.05) is 0 Å². The maximum Gasteiger partial charge on any atom is 0.250 e. The molecular formula is C15H16ClN7O. The average molecular weight is 346 g/mol. The Morgan fingerprint density at radius 3 is 2.71 bits per heavy atom. The molecule has 1 aliphatic rings. The second kappa shape index (κ2) is 5.95. The second-order valence-corrected chi connectivity index (χ2v) is 6.46. The summed E-state index contributed by atoms with van der Waals surface area (Å²) in [6, 6.07) is 7.24. The fraction of sp³-hybridized carbons (Fsp3) is 0.400. The van der Waals surface area contributed by atoms with Crippen molar-refractivity contribution in [3.05, 3.63) is 41.0 Å². The Balaban J connectivity index is 1.50. The molecule has 1 fully saturated rings. The third-order valence-corrected chi connectivity index (χ3v) is 4.49. The van der Waals surface area contributed by atoms with E-state index in [1.54, 1.807) is 12.1 Å². The highest BCUT2D eigenvalue weighted by Gasteiger charge is 2.36. The molecule has 9 heteroatoms. The SMILES string of the molecule is NC1(c2noc(Cn3nnc(-c4ccc(Cl)cc4)n3)n2)CCCC1. The van der Waals surface area contributed by atoms with Gasteiger partial charge >= 0.3 is 0 Å². The molecule has 0 atom stereocenters. The van der Waals surface area contributed by atoms with Crippen molar-refractivity contribution in [3.63, 3.8) is 0 Å². The number of tetrazole rings is 1. The van der Waals surface area contributed by atoms with E-state index in [4.69, 9.17) is 21.9 Å². The van der Waals surface area contributed by atoms with Crippen molar-refractivity contribution < 1.29 is 4.52 Å². The van der Waals surface area contributed by atoms with E-state index in [-0.39, 0.29) is 6.54 Å². The maximum absolute atomic E-state index is 6.33. The molecule has 8 nitrogen and oxygen atoms in total. The van der Waals surface area contributed by atoms with Gasteiger partial charge in [0.15, 0.2) is 5.82 Å². The van der Waals surface area contributed by atoms with Gasteiger partial charge in [0.05, 0.1) is 5.54 Å². The van der Waals surface area contributed by atoms with Crippen LogP contribution in [0.2, 0.25) is 5.02 Å². The van der Waals surface area contributed by atoms with Gasteiger partial charge in [-0.05, 0) is 42.3 Å². The van der Waals surface area contributed by atoms with Gasteiger partial charge in [-0.15, -0.1) is 10.2 Å². The predicted octanol–water partition coefficient (Wildman–Crippen LogP) is 2.15. The van der Waals surface area contributed by atoms with Gasteiger partial charge < -0.3 is 10.3 Å². The zero-order valence-corrected chi connectivity index (χ0v) is 13.6. The molecule has 0 saturated heterocycles. The highest BCUT2D eigenvalue weighted by Crippen LogP contribution is 2.34. The van der Waals surface area contributed by atoms with E-state index in [1.807, 2.05) is 12.1 Å². The van der Waals surface area contributed by atoms with E-state index in [9.17, 15) is 0 Å². The van der Waals surface area contributed by atoms with E-state index < -0.39 is 5.54 Å². The minimum absolute atomic E-state index is 0.254. The number of nitrogens with two attached hydrogens (primary N) is 1. The van der Waals surface area contributed by atoms with Crippen molar-refractivity contribution in [3.8, 4) is 11.4 Å². The van der Waals surface area contributed by atoms with Crippen molar-refractivity contribution in [2.45, 2.75) is 37.8 Å².